The number of benzene rings is 3. The normalized spacial score (nSPS) is 20.0. The molecule has 4 nitrogen and oxygen atoms in total. The third-order valence-corrected chi connectivity index (χ3v) is 5.24. The molecule has 0 amide bonds. The molecule has 3 aromatic carbocycles. The van der Waals surface area contributed by atoms with Gasteiger partial charge in [-0.25, -0.2) is 9.98 Å². The molecule has 148 valence electrons. The summed E-state index contributed by atoms with van der Waals surface area (Å²) in [5.74, 6) is 1.17. The van der Waals surface area contributed by atoms with Crippen molar-refractivity contribution in [1.82, 2.24) is 0 Å². The minimum absolute atomic E-state index is 0.0210. The Morgan fingerprint density at radius 3 is 1.53 bits per heavy atom. The Kier molecular flexibility index (Phi) is 5.13. The highest BCUT2D eigenvalue weighted by atomic mass is 16.5. The zero-order valence-electron chi connectivity index (χ0n) is 16.5. The van der Waals surface area contributed by atoms with Gasteiger partial charge in [-0.3, -0.25) is 0 Å². The summed E-state index contributed by atoms with van der Waals surface area (Å²) in [6, 6.07) is 30.5. The van der Waals surface area contributed by atoms with Crippen LogP contribution in [0.25, 0.3) is 6.08 Å². The summed E-state index contributed by atoms with van der Waals surface area (Å²) in [7, 11) is 0. The van der Waals surface area contributed by atoms with E-state index in [1.165, 1.54) is 0 Å². The molecule has 0 radical (unpaired) electrons. The number of ether oxygens (including phenoxy) is 2. The van der Waals surface area contributed by atoms with Gasteiger partial charge in [-0.05, 0) is 22.8 Å². The zero-order valence-corrected chi connectivity index (χ0v) is 16.5. The number of hydrogen-bond acceptors (Lipinski definition) is 4. The molecule has 2 aliphatic rings. The van der Waals surface area contributed by atoms with Gasteiger partial charge in [-0.15, -0.1) is 0 Å². The first kappa shape index (κ1) is 18.4. The monoisotopic (exact) mass is 394 g/mol. The largest absolute Gasteiger partial charge is 0.475 e. The SMILES string of the molecule is C(=C(C1=N[C@@H](c2ccccc2)CO1)C1=N[C@@H](c2ccccc2)CO1)c1ccccc1. The van der Waals surface area contributed by atoms with E-state index in [9.17, 15) is 0 Å². The summed E-state index contributed by atoms with van der Waals surface area (Å²) >= 11 is 0. The quantitative estimate of drug-likeness (QED) is 0.581. The summed E-state index contributed by atoms with van der Waals surface area (Å²) in [5, 5.41) is 0. The van der Waals surface area contributed by atoms with E-state index in [-0.39, 0.29) is 12.1 Å². The molecule has 0 aromatic heterocycles. The second-order valence-corrected chi connectivity index (χ2v) is 7.31. The summed E-state index contributed by atoms with van der Waals surface area (Å²) in [4.78, 5) is 9.72. The van der Waals surface area contributed by atoms with Crippen molar-refractivity contribution >= 4 is 17.9 Å². The van der Waals surface area contributed by atoms with Gasteiger partial charge in [0.1, 0.15) is 25.3 Å². The van der Waals surface area contributed by atoms with E-state index < -0.39 is 0 Å². The van der Waals surface area contributed by atoms with Crippen molar-refractivity contribution in [3.63, 3.8) is 0 Å². The highest BCUT2D eigenvalue weighted by molar-refractivity contribution is 6.22. The minimum atomic E-state index is -0.0210. The van der Waals surface area contributed by atoms with Gasteiger partial charge < -0.3 is 9.47 Å². The third-order valence-electron chi connectivity index (χ3n) is 5.24. The fourth-order valence-electron chi connectivity index (χ4n) is 3.67. The molecular formula is C26H22N2O2. The molecule has 0 fully saturated rings. The van der Waals surface area contributed by atoms with Gasteiger partial charge in [0.25, 0.3) is 0 Å². The van der Waals surface area contributed by atoms with Crippen molar-refractivity contribution in [3.05, 3.63) is 113 Å². The van der Waals surface area contributed by atoms with Crippen LogP contribution in [0.1, 0.15) is 28.8 Å². The fourth-order valence-corrected chi connectivity index (χ4v) is 3.67. The van der Waals surface area contributed by atoms with E-state index >= 15 is 0 Å². The lowest BCUT2D eigenvalue weighted by Crippen LogP contribution is -2.14. The lowest BCUT2D eigenvalue weighted by atomic mass is 10.1. The maximum absolute atomic E-state index is 6.03. The van der Waals surface area contributed by atoms with Crippen molar-refractivity contribution in [1.29, 1.82) is 0 Å². The molecule has 0 spiro atoms. The standard InChI is InChI=1S/C26H22N2O2/c1-4-10-19(11-5-1)16-22(25-27-23(17-29-25)20-12-6-2-7-13-20)26-28-24(18-30-26)21-14-8-3-9-15-21/h1-16,23-24H,17-18H2/t23-,24-/m1/s1. The van der Waals surface area contributed by atoms with Crippen molar-refractivity contribution in [2.45, 2.75) is 12.1 Å². The highest BCUT2D eigenvalue weighted by Crippen LogP contribution is 2.30. The summed E-state index contributed by atoms with van der Waals surface area (Å²) < 4.78 is 12.1. The van der Waals surface area contributed by atoms with Gasteiger partial charge in [0.15, 0.2) is 0 Å². The van der Waals surface area contributed by atoms with E-state index in [2.05, 4.69) is 24.3 Å². The molecular weight excluding hydrogens is 372 g/mol. The summed E-state index contributed by atoms with van der Waals surface area (Å²) in [5.41, 5.74) is 4.13. The number of hydrogen-bond donors (Lipinski definition) is 0. The van der Waals surface area contributed by atoms with Crippen molar-refractivity contribution in [2.75, 3.05) is 13.2 Å². The molecule has 0 saturated carbocycles. The summed E-state index contributed by atoms with van der Waals surface area (Å²) in [6.45, 7) is 1.03. The van der Waals surface area contributed by atoms with Crippen LogP contribution >= 0.6 is 0 Å². The maximum atomic E-state index is 6.03. The molecule has 5 rings (SSSR count). The Morgan fingerprint density at radius 1 is 0.633 bits per heavy atom. The van der Waals surface area contributed by atoms with E-state index in [0.29, 0.717) is 25.0 Å². The molecule has 30 heavy (non-hydrogen) atoms. The predicted molar refractivity (Wildman–Crippen MR) is 120 cm³/mol. The molecule has 0 saturated heterocycles. The van der Waals surface area contributed by atoms with Gasteiger partial charge >= 0.3 is 0 Å². The van der Waals surface area contributed by atoms with Crippen LogP contribution in [0.5, 0.6) is 0 Å². The highest BCUT2D eigenvalue weighted by Gasteiger charge is 2.30. The van der Waals surface area contributed by atoms with E-state index in [0.717, 1.165) is 22.3 Å². The van der Waals surface area contributed by atoms with Crippen LogP contribution in [0.4, 0.5) is 0 Å². The Bertz CT molecular complexity index is 1020. The van der Waals surface area contributed by atoms with Gasteiger partial charge in [0.2, 0.25) is 11.8 Å². The van der Waals surface area contributed by atoms with Crippen LogP contribution < -0.4 is 0 Å². The van der Waals surface area contributed by atoms with Gasteiger partial charge in [0.05, 0.1) is 5.57 Å². The van der Waals surface area contributed by atoms with Crippen LogP contribution in [-0.4, -0.2) is 25.0 Å². The van der Waals surface area contributed by atoms with Crippen LogP contribution in [0.15, 0.2) is 107 Å². The van der Waals surface area contributed by atoms with Crippen LogP contribution in [0.3, 0.4) is 0 Å². The Hall–Kier alpha value is -3.66. The van der Waals surface area contributed by atoms with Gasteiger partial charge in [-0.1, -0.05) is 91.0 Å². The van der Waals surface area contributed by atoms with Gasteiger partial charge in [0, 0.05) is 0 Å². The van der Waals surface area contributed by atoms with Gasteiger partial charge in [-0.2, -0.15) is 0 Å². The Balaban J connectivity index is 1.50. The average molecular weight is 394 g/mol. The fraction of sp³-hybridized carbons (Fsp3) is 0.154. The Morgan fingerprint density at radius 2 is 1.07 bits per heavy atom. The lowest BCUT2D eigenvalue weighted by Gasteiger charge is -2.07. The van der Waals surface area contributed by atoms with E-state index in [1.54, 1.807) is 0 Å². The van der Waals surface area contributed by atoms with Crippen LogP contribution in [-0.2, 0) is 9.47 Å². The molecule has 0 aliphatic carbocycles. The first-order valence-electron chi connectivity index (χ1n) is 10.2. The molecule has 0 bridgehead atoms. The van der Waals surface area contributed by atoms with Crippen molar-refractivity contribution in [3.8, 4) is 0 Å². The first-order chi connectivity index (χ1) is 14.9. The Labute approximate surface area is 176 Å². The maximum Gasteiger partial charge on any atom is 0.222 e. The third kappa shape index (κ3) is 3.90. The smallest absolute Gasteiger partial charge is 0.222 e. The van der Waals surface area contributed by atoms with Crippen molar-refractivity contribution in [2.24, 2.45) is 9.98 Å². The van der Waals surface area contributed by atoms with E-state index in [1.807, 2.05) is 72.8 Å². The molecule has 2 atom stereocenters. The number of nitrogens with zero attached hydrogens (tertiary/aromatic N) is 2. The summed E-state index contributed by atoms with van der Waals surface area (Å²) in [6.07, 6.45) is 2.04. The van der Waals surface area contributed by atoms with E-state index in [4.69, 9.17) is 19.5 Å². The number of rotatable bonds is 5. The molecule has 4 heteroatoms. The molecule has 2 aliphatic heterocycles. The lowest BCUT2D eigenvalue weighted by molar-refractivity contribution is 0.310. The molecule has 2 heterocycles. The zero-order chi connectivity index (χ0) is 20.2. The second-order valence-electron chi connectivity index (χ2n) is 7.31. The average Bonchev–Trinajstić information content (AvgIpc) is 3.50. The minimum Gasteiger partial charge on any atom is -0.475 e. The molecule has 0 N–H and O–H groups in total. The van der Waals surface area contributed by atoms with Crippen LogP contribution in [0.2, 0.25) is 0 Å². The van der Waals surface area contributed by atoms with Crippen molar-refractivity contribution < 1.29 is 9.47 Å². The van der Waals surface area contributed by atoms with Crippen LogP contribution in [0, 0.1) is 0 Å². The molecule has 0 unspecified atom stereocenters. The topological polar surface area (TPSA) is 43.2 Å². The molecule has 3 aromatic rings. The predicted octanol–water partition coefficient (Wildman–Crippen LogP) is 5.41. The first-order valence-corrected chi connectivity index (χ1v) is 10.2. The number of aliphatic imine (C=N–C) groups is 2. The second kappa shape index (κ2) is 8.37.